The number of aryl methyl sites for hydroxylation is 1. The summed E-state index contributed by atoms with van der Waals surface area (Å²) in [6.07, 6.45) is 12.2. The van der Waals surface area contributed by atoms with E-state index in [1.165, 1.54) is 73.0 Å². The first-order chi connectivity index (χ1) is 14.7. The molecule has 2 aromatic rings. The Balaban J connectivity index is 1.49. The largest absolute Gasteiger partial charge is 0.304 e. The Kier molecular flexibility index (Phi) is 9.51. The second kappa shape index (κ2) is 12.3. The summed E-state index contributed by atoms with van der Waals surface area (Å²) < 4.78 is 7.20. The first-order valence-electron chi connectivity index (χ1n) is 11.4. The van der Waals surface area contributed by atoms with Gasteiger partial charge in [-0.1, -0.05) is 54.6 Å². The van der Waals surface area contributed by atoms with Gasteiger partial charge in [-0.05, 0) is 92.5 Å². The molecule has 3 heteroatoms. The van der Waals surface area contributed by atoms with Gasteiger partial charge in [0.1, 0.15) is 0 Å². The molecule has 3 rings (SSSR count). The number of allylic oxidation sites excluding steroid dienone is 1. The quantitative estimate of drug-likeness (QED) is 0.209. The minimum Gasteiger partial charge on any atom is -0.304 e. The van der Waals surface area contributed by atoms with E-state index >= 15 is 0 Å². The van der Waals surface area contributed by atoms with E-state index in [0.29, 0.717) is 0 Å². The first kappa shape index (κ1) is 23.1. The molecule has 2 nitrogen and oxygen atoms in total. The molecule has 30 heavy (non-hydrogen) atoms. The highest BCUT2D eigenvalue weighted by Crippen LogP contribution is 2.38. The van der Waals surface area contributed by atoms with Gasteiger partial charge in [-0.15, -0.1) is 6.58 Å². The van der Waals surface area contributed by atoms with Gasteiger partial charge < -0.3 is 4.18 Å². The maximum Gasteiger partial charge on any atom is 0.0813 e. The van der Waals surface area contributed by atoms with Gasteiger partial charge in [-0.25, -0.2) is 4.31 Å². The van der Waals surface area contributed by atoms with Crippen LogP contribution in [-0.2, 0) is 10.6 Å². The molecule has 1 saturated carbocycles. The number of rotatable bonds is 11. The van der Waals surface area contributed by atoms with Crippen molar-refractivity contribution in [3.05, 3.63) is 72.3 Å². The second-order valence-electron chi connectivity index (χ2n) is 8.60. The van der Waals surface area contributed by atoms with Crippen LogP contribution >= 0.6 is 12.2 Å². The van der Waals surface area contributed by atoms with Crippen LogP contribution < -0.4 is 0 Å². The van der Waals surface area contributed by atoms with E-state index < -0.39 is 0 Å². The van der Waals surface area contributed by atoms with Crippen molar-refractivity contribution in [1.82, 2.24) is 4.31 Å². The van der Waals surface area contributed by atoms with Gasteiger partial charge in [0, 0.05) is 6.54 Å². The van der Waals surface area contributed by atoms with Crippen molar-refractivity contribution in [2.75, 3.05) is 20.7 Å². The van der Waals surface area contributed by atoms with E-state index in [4.69, 9.17) is 4.18 Å². The lowest BCUT2D eigenvalue weighted by Gasteiger charge is -2.28. The smallest absolute Gasteiger partial charge is 0.0813 e. The van der Waals surface area contributed by atoms with Crippen molar-refractivity contribution in [2.24, 2.45) is 5.92 Å². The van der Waals surface area contributed by atoms with E-state index in [0.717, 1.165) is 31.2 Å². The minimum atomic E-state index is 0.746. The standard InChI is InChI=1S/C27H37NOS/c1-4-5-7-22-9-13-24(14-10-22)26-17-19-27(20-18-26)25-15-11-23(12-16-25)8-6-21-28(2)30-29-3/h4,11-12,15-20,22,24H,1,5-10,13-14,21H2,2-3H3. The van der Waals surface area contributed by atoms with Crippen molar-refractivity contribution in [3.8, 4) is 11.1 Å². The van der Waals surface area contributed by atoms with Crippen LogP contribution in [0.3, 0.4) is 0 Å². The Morgan fingerprint density at radius 2 is 1.63 bits per heavy atom. The minimum absolute atomic E-state index is 0.746. The van der Waals surface area contributed by atoms with E-state index in [-0.39, 0.29) is 0 Å². The summed E-state index contributed by atoms with van der Waals surface area (Å²) in [6.45, 7) is 4.89. The fourth-order valence-electron chi connectivity index (χ4n) is 4.62. The molecule has 0 bridgehead atoms. The van der Waals surface area contributed by atoms with Gasteiger partial charge in [-0.3, -0.25) is 0 Å². The van der Waals surface area contributed by atoms with Gasteiger partial charge in [0.15, 0.2) is 0 Å². The van der Waals surface area contributed by atoms with E-state index in [9.17, 15) is 0 Å². The van der Waals surface area contributed by atoms with Gasteiger partial charge >= 0.3 is 0 Å². The lowest BCUT2D eigenvalue weighted by atomic mass is 9.77. The van der Waals surface area contributed by atoms with Crippen LogP contribution in [0.5, 0.6) is 0 Å². The van der Waals surface area contributed by atoms with Crippen LogP contribution in [0.1, 0.15) is 62.0 Å². The van der Waals surface area contributed by atoms with E-state index in [1.807, 2.05) is 0 Å². The topological polar surface area (TPSA) is 12.5 Å². The molecule has 0 heterocycles. The molecule has 0 aromatic heterocycles. The molecule has 0 amide bonds. The number of hydrogen-bond donors (Lipinski definition) is 0. The SMILES string of the molecule is C=CCCC1CCC(c2ccc(-c3ccc(CCCN(C)SOC)cc3)cc2)CC1. The molecule has 0 unspecified atom stereocenters. The third-order valence-corrected chi connectivity index (χ3v) is 7.02. The van der Waals surface area contributed by atoms with Crippen LogP contribution in [0.2, 0.25) is 0 Å². The molecule has 0 N–H and O–H groups in total. The Hall–Kier alpha value is -1.55. The third-order valence-electron chi connectivity index (χ3n) is 6.44. The van der Waals surface area contributed by atoms with Gasteiger partial charge in [0.05, 0.1) is 19.3 Å². The Morgan fingerprint density at radius 1 is 1.00 bits per heavy atom. The van der Waals surface area contributed by atoms with Crippen molar-refractivity contribution in [2.45, 2.75) is 57.3 Å². The number of nitrogens with zero attached hydrogens (tertiary/aromatic N) is 1. The highest BCUT2D eigenvalue weighted by molar-refractivity contribution is 7.92. The first-order valence-corrected chi connectivity index (χ1v) is 12.1. The maximum atomic E-state index is 5.08. The van der Waals surface area contributed by atoms with Crippen LogP contribution in [0.4, 0.5) is 0 Å². The molecule has 0 saturated heterocycles. The summed E-state index contributed by atoms with van der Waals surface area (Å²) in [5.74, 6) is 1.66. The molecule has 1 aliphatic carbocycles. The monoisotopic (exact) mass is 423 g/mol. The molecule has 2 aromatic carbocycles. The average Bonchev–Trinajstić information content (AvgIpc) is 2.79. The average molecular weight is 424 g/mol. The molecule has 1 fully saturated rings. The second-order valence-corrected chi connectivity index (χ2v) is 9.70. The van der Waals surface area contributed by atoms with Crippen molar-refractivity contribution in [1.29, 1.82) is 0 Å². The molecule has 0 atom stereocenters. The zero-order chi connectivity index (χ0) is 21.2. The Bertz CT molecular complexity index is 747. The Labute approximate surface area is 188 Å². The van der Waals surface area contributed by atoms with Crippen LogP contribution in [-0.4, -0.2) is 25.0 Å². The maximum absolute atomic E-state index is 5.08. The van der Waals surface area contributed by atoms with Crippen molar-refractivity contribution >= 4 is 12.2 Å². The van der Waals surface area contributed by atoms with Crippen LogP contribution in [0.25, 0.3) is 11.1 Å². The highest BCUT2D eigenvalue weighted by atomic mass is 32.2. The van der Waals surface area contributed by atoms with Gasteiger partial charge in [0.25, 0.3) is 0 Å². The molecular formula is C27H37NOS. The van der Waals surface area contributed by atoms with Gasteiger partial charge in [0.2, 0.25) is 0 Å². The fourth-order valence-corrected chi connectivity index (χ4v) is 5.08. The lowest BCUT2D eigenvalue weighted by molar-refractivity contribution is 0.312. The molecule has 0 aliphatic heterocycles. The van der Waals surface area contributed by atoms with Crippen molar-refractivity contribution in [3.63, 3.8) is 0 Å². The molecule has 0 spiro atoms. The highest BCUT2D eigenvalue weighted by Gasteiger charge is 2.21. The third kappa shape index (κ3) is 7.01. The van der Waals surface area contributed by atoms with Crippen molar-refractivity contribution < 1.29 is 4.18 Å². The Morgan fingerprint density at radius 3 is 2.23 bits per heavy atom. The molecule has 0 radical (unpaired) electrons. The molecular weight excluding hydrogens is 386 g/mol. The fraction of sp³-hybridized carbons (Fsp3) is 0.481. The summed E-state index contributed by atoms with van der Waals surface area (Å²) in [5, 5.41) is 0. The summed E-state index contributed by atoms with van der Waals surface area (Å²) in [6, 6.07) is 18.4. The number of hydrogen-bond acceptors (Lipinski definition) is 3. The van der Waals surface area contributed by atoms with Crippen LogP contribution in [0, 0.1) is 5.92 Å². The summed E-state index contributed by atoms with van der Waals surface area (Å²) >= 11 is 1.41. The van der Waals surface area contributed by atoms with E-state index in [2.05, 4.69) is 72.5 Å². The zero-order valence-corrected chi connectivity index (χ0v) is 19.5. The summed E-state index contributed by atoms with van der Waals surface area (Å²) in [5.41, 5.74) is 5.56. The number of benzene rings is 2. The van der Waals surface area contributed by atoms with Crippen LogP contribution in [0.15, 0.2) is 61.2 Å². The molecule has 1 aliphatic rings. The predicted octanol–water partition coefficient (Wildman–Crippen LogP) is 7.67. The summed E-state index contributed by atoms with van der Waals surface area (Å²) in [7, 11) is 3.78. The normalized spacial score (nSPS) is 19.2. The molecule has 162 valence electrons. The lowest BCUT2D eigenvalue weighted by Crippen LogP contribution is -2.13. The van der Waals surface area contributed by atoms with Gasteiger partial charge in [-0.2, -0.15) is 0 Å². The predicted molar refractivity (Wildman–Crippen MR) is 132 cm³/mol. The van der Waals surface area contributed by atoms with E-state index in [1.54, 1.807) is 7.11 Å². The summed E-state index contributed by atoms with van der Waals surface area (Å²) in [4.78, 5) is 0. The zero-order valence-electron chi connectivity index (χ0n) is 18.7.